The summed E-state index contributed by atoms with van der Waals surface area (Å²) in [6.45, 7) is 9.04. The van der Waals surface area contributed by atoms with Crippen LogP contribution in [0.15, 0.2) is 24.8 Å². The SMILES string of the molecule is C=CCN1CC[C@]23COc4c(O)ccc(c42)CC1[C@@H]3CCC. The highest BCUT2D eigenvalue weighted by Gasteiger charge is 2.57. The van der Waals surface area contributed by atoms with E-state index in [1.165, 1.54) is 24.0 Å². The van der Waals surface area contributed by atoms with E-state index in [9.17, 15) is 5.11 Å². The number of aromatic hydroxyl groups is 1. The normalized spacial score (nSPS) is 32.4. The minimum atomic E-state index is 0.125. The maximum Gasteiger partial charge on any atom is 0.165 e. The number of phenols is 1. The smallest absolute Gasteiger partial charge is 0.165 e. The van der Waals surface area contributed by atoms with Crippen molar-refractivity contribution < 1.29 is 9.84 Å². The van der Waals surface area contributed by atoms with Gasteiger partial charge in [0.05, 0.1) is 6.61 Å². The van der Waals surface area contributed by atoms with Gasteiger partial charge in [-0.15, -0.1) is 6.58 Å². The minimum absolute atomic E-state index is 0.125. The summed E-state index contributed by atoms with van der Waals surface area (Å²) >= 11 is 0. The van der Waals surface area contributed by atoms with E-state index in [1.807, 2.05) is 6.08 Å². The molecule has 1 aliphatic carbocycles. The summed E-state index contributed by atoms with van der Waals surface area (Å²) in [6, 6.07) is 4.50. The zero-order chi connectivity index (χ0) is 15.3. The molecule has 3 nitrogen and oxygen atoms in total. The molecule has 22 heavy (non-hydrogen) atoms. The van der Waals surface area contributed by atoms with Gasteiger partial charge in [-0.25, -0.2) is 0 Å². The van der Waals surface area contributed by atoms with Crippen molar-refractivity contribution >= 4 is 0 Å². The lowest BCUT2D eigenvalue weighted by Gasteiger charge is -2.54. The molecule has 1 N–H and O–H groups in total. The van der Waals surface area contributed by atoms with Gasteiger partial charge in [0.25, 0.3) is 0 Å². The molecule has 0 aromatic heterocycles. The second-order valence-electron chi connectivity index (χ2n) is 7.09. The number of phenolic OH excluding ortho intramolecular Hbond substituents is 1. The topological polar surface area (TPSA) is 32.7 Å². The van der Waals surface area contributed by atoms with E-state index >= 15 is 0 Å². The largest absolute Gasteiger partial charge is 0.504 e. The molecule has 2 heterocycles. The van der Waals surface area contributed by atoms with Crippen LogP contribution >= 0.6 is 0 Å². The van der Waals surface area contributed by atoms with E-state index in [4.69, 9.17) is 4.74 Å². The van der Waals surface area contributed by atoms with Gasteiger partial charge < -0.3 is 9.84 Å². The molecule has 3 heteroatoms. The fourth-order valence-corrected chi connectivity index (χ4v) is 5.22. The van der Waals surface area contributed by atoms with E-state index in [-0.39, 0.29) is 5.41 Å². The van der Waals surface area contributed by atoms with Crippen LogP contribution < -0.4 is 4.74 Å². The number of nitrogens with zero attached hydrogens (tertiary/aromatic N) is 1. The zero-order valence-corrected chi connectivity index (χ0v) is 13.3. The lowest BCUT2D eigenvalue weighted by molar-refractivity contribution is 0.00803. The molecule has 2 bridgehead atoms. The number of hydrogen-bond acceptors (Lipinski definition) is 3. The standard InChI is InChI=1S/C19H25NO2/c1-3-5-14-15-11-13-6-7-16(21)18-17(13)19(14,12-22-18)8-10-20(15)9-4-2/h4,6-7,14-15,21H,2-3,5,8-12H2,1H3/t14-,15?,19+/m0/s1. The first-order chi connectivity index (χ1) is 10.7. The Morgan fingerprint density at radius 2 is 2.36 bits per heavy atom. The molecule has 4 rings (SSSR count). The van der Waals surface area contributed by atoms with Gasteiger partial charge in [0.1, 0.15) is 0 Å². The van der Waals surface area contributed by atoms with Gasteiger partial charge in [0.15, 0.2) is 11.5 Å². The molecule has 2 aliphatic heterocycles. The summed E-state index contributed by atoms with van der Waals surface area (Å²) in [4.78, 5) is 2.60. The highest BCUT2D eigenvalue weighted by molar-refractivity contribution is 5.59. The molecule has 3 atom stereocenters. The van der Waals surface area contributed by atoms with Crippen molar-refractivity contribution in [2.24, 2.45) is 5.92 Å². The van der Waals surface area contributed by atoms with E-state index in [0.717, 1.165) is 38.3 Å². The van der Waals surface area contributed by atoms with Crippen LogP contribution in [0.5, 0.6) is 11.5 Å². The Balaban J connectivity index is 1.85. The van der Waals surface area contributed by atoms with Crippen molar-refractivity contribution in [2.45, 2.75) is 44.1 Å². The first-order valence-electron chi connectivity index (χ1n) is 8.54. The monoisotopic (exact) mass is 299 g/mol. The molecule has 0 saturated carbocycles. The van der Waals surface area contributed by atoms with Crippen molar-refractivity contribution in [1.29, 1.82) is 0 Å². The predicted octanol–water partition coefficient (Wildman–Crippen LogP) is 3.26. The Labute approximate surface area is 132 Å². The van der Waals surface area contributed by atoms with Crippen LogP contribution in [0.4, 0.5) is 0 Å². The maximum absolute atomic E-state index is 10.2. The average molecular weight is 299 g/mol. The predicted molar refractivity (Wildman–Crippen MR) is 87.6 cm³/mol. The first-order valence-corrected chi connectivity index (χ1v) is 8.54. The van der Waals surface area contributed by atoms with Crippen LogP contribution in [0.25, 0.3) is 0 Å². The third-order valence-electron chi connectivity index (χ3n) is 6.08. The van der Waals surface area contributed by atoms with Gasteiger partial charge in [-0.3, -0.25) is 4.90 Å². The second-order valence-corrected chi connectivity index (χ2v) is 7.09. The van der Waals surface area contributed by atoms with E-state index in [2.05, 4.69) is 24.5 Å². The summed E-state index contributed by atoms with van der Waals surface area (Å²) in [5.74, 6) is 1.72. The molecule has 1 aromatic carbocycles. The molecule has 118 valence electrons. The molecule has 1 saturated heterocycles. The van der Waals surface area contributed by atoms with Gasteiger partial charge >= 0.3 is 0 Å². The van der Waals surface area contributed by atoms with Crippen molar-refractivity contribution in [3.8, 4) is 11.5 Å². The Hall–Kier alpha value is -1.48. The Morgan fingerprint density at radius 3 is 3.14 bits per heavy atom. The van der Waals surface area contributed by atoms with Crippen LogP contribution in [-0.4, -0.2) is 35.7 Å². The van der Waals surface area contributed by atoms with Crippen LogP contribution in [0, 0.1) is 5.92 Å². The Kier molecular flexibility index (Phi) is 3.23. The molecule has 1 unspecified atom stereocenters. The first kappa shape index (κ1) is 14.1. The van der Waals surface area contributed by atoms with E-state index in [0.29, 0.717) is 17.7 Å². The molecule has 0 amide bonds. The molecule has 1 aromatic rings. The molecular formula is C19H25NO2. The highest BCUT2D eigenvalue weighted by atomic mass is 16.5. The van der Waals surface area contributed by atoms with E-state index < -0.39 is 0 Å². The summed E-state index contributed by atoms with van der Waals surface area (Å²) in [7, 11) is 0. The fourth-order valence-electron chi connectivity index (χ4n) is 5.22. The second kappa shape index (κ2) is 5.02. The number of piperidine rings is 1. The lowest BCUT2D eigenvalue weighted by Crippen LogP contribution is -2.60. The summed E-state index contributed by atoms with van der Waals surface area (Å²) in [5, 5.41) is 10.2. The number of hydrogen-bond donors (Lipinski definition) is 1. The summed E-state index contributed by atoms with van der Waals surface area (Å²) < 4.78 is 6.01. The molecule has 1 spiro atoms. The zero-order valence-electron chi connectivity index (χ0n) is 13.3. The number of rotatable bonds is 4. The quantitative estimate of drug-likeness (QED) is 0.866. The van der Waals surface area contributed by atoms with Crippen LogP contribution in [-0.2, 0) is 11.8 Å². The minimum Gasteiger partial charge on any atom is -0.504 e. The van der Waals surface area contributed by atoms with E-state index in [1.54, 1.807) is 6.07 Å². The maximum atomic E-state index is 10.2. The van der Waals surface area contributed by atoms with Crippen LogP contribution in [0.2, 0.25) is 0 Å². The Bertz CT molecular complexity index is 612. The van der Waals surface area contributed by atoms with Gasteiger partial charge in [-0.05, 0) is 43.4 Å². The summed E-state index contributed by atoms with van der Waals surface area (Å²) in [5.41, 5.74) is 2.84. The number of likely N-dealkylation sites (tertiary alicyclic amines) is 1. The van der Waals surface area contributed by atoms with Crippen molar-refractivity contribution in [3.05, 3.63) is 35.9 Å². The highest BCUT2D eigenvalue weighted by Crippen LogP contribution is 2.58. The molecule has 3 aliphatic rings. The third kappa shape index (κ3) is 1.72. The van der Waals surface area contributed by atoms with Gasteiger partial charge in [-0.1, -0.05) is 25.5 Å². The summed E-state index contributed by atoms with van der Waals surface area (Å²) in [6.07, 6.45) is 6.67. The van der Waals surface area contributed by atoms with Crippen LogP contribution in [0.1, 0.15) is 37.3 Å². The Morgan fingerprint density at radius 1 is 1.50 bits per heavy atom. The van der Waals surface area contributed by atoms with Gasteiger partial charge in [0.2, 0.25) is 0 Å². The van der Waals surface area contributed by atoms with Crippen molar-refractivity contribution in [3.63, 3.8) is 0 Å². The van der Waals surface area contributed by atoms with Crippen molar-refractivity contribution in [1.82, 2.24) is 4.90 Å². The van der Waals surface area contributed by atoms with Crippen LogP contribution in [0.3, 0.4) is 0 Å². The van der Waals surface area contributed by atoms with Crippen molar-refractivity contribution in [2.75, 3.05) is 19.7 Å². The fraction of sp³-hybridized carbons (Fsp3) is 0.579. The molecule has 0 radical (unpaired) electrons. The number of ether oxygens (including phenoxy) is 1. The molecular weight excluding hydrogens is 274 g/mol. The average Bonchev–Trinajstić information content (AvgIpc) is 2.89. The number of fused-ring (bicyclic) bond motifs is 1. The van der Waals surface area contributed by atoms with Gasteiger partial charge in [-0.2, -0.15) is 0 Å². The lowest BCUT2D eigenvalue weighted by atomic mass is 9.57. The number of benzene rings is 1. The van der Waals surface area contributed by atoms with Gasteiger partial charge in [0, 0.05) is 23.6 Å². The third-order valence-corrected chi connectivity index (χ3v) is 6.08. The molecule has 1 fully saturated rings.